The lowest BCUT2D eigenvalue weighted by Crippen LogP contribution is -2.41. The minimum absolute atomic E-state index is 0.0100. The molecule has 152 valence electrons. The van der Waals surface area contributed by atoms with E-state index >= 15 is 0 Å². The first-order valence-corrected chi connectivity index (χ1v) is 11.3. The van der Waals surface area contributed by atoms with Crippen molar-refractivity contribution < 1.29 is 22.4 Å². The topological polar surface area (TPSA) is 130 Å². The van der Waals surface area contributed by atoms with Gasteiger partial charge in [-0.2, -0.15) is 0 Å². The lowest BCUT2D eigenvalue weighted by Gasteiger charge is -2.05. The van der Waals surface area contributed by atoms with Gasteiger partial charge in [-0.3, -0.25) is 20.4 Å². The molecule has 0 spiro atoms. The molecule has 1 aromatic carbocycles. The van der Waals surface area contributed by atoms with Gasteiger partial charge < -0.3 is 4.42 Å². The van der Waals surface area contributed by atoms with Crippen molar-refractivity contribution in [3.8, 4) is 0 Å². The molecule has 3 rings (SSSR count). The largest absolute Gasteiger partial charge is 0.434 e. The smallest absolute Gasteiger partial charge is 0.307 e. The van der Waals surface area contributed by atoms with Crippen molar-refractivity contribution in [2.24, 2.45) is 0 Å². The molecule has 2 heterocycles. The monoisotopic (exact) mass is 498 g/mol. The molecular weight excluding hydrogens is 484 g/mol. The van der Waals surface area contributed by atoms with Crippen molar-refractivity contribution in [3.63, 3.8) is 0 Å². The summed E-state index contributed by atoms with van der Waals surface area (Å²) >= 11 is 4.45. The molecule has 2 aromatic heterocycles. The van der Waals surface area contributed by atoms with E-state index in [0.29, 0.717) is 9.35 Å². The molecule has 0 fully saturated rings. The summed E-state index contributed by atoms with van der Waals surface area (Å²) in [5.74, 6) is -1.29. The summed E-state index contributed by atoms with van der Waals surface area (Å²) in [6.07, 6.45) is 0. The van der Waals surface area contributed by atoms with Gasteiger partial charge in [-0.05, 0) is 36.6 Å². The van der Waals surface area contributed by atoms with Gasteiger partial charge in [0.1, 0.15) is 0 Å². The normalized spacial score (nSPS) is 11.2. The summed E-state index contributed by atoms with van der Waals surface area (Å²) in [6, 6.07) is 9.53. The number of oxazole rings is 1. The number of aryl methyl sites for hydroxylation is 1. The van der Waals surface area contributed by atoms with Crippen LogP contribution in [0.15, 0.2) is 55.6 Å². The van der Waals surface area contributed by atoms with E-state index in [9.17, 15) is 18.0 Å². The number of amides is 2. The third kappa shape index (κ3) is 5.29. The van der Waals surface area contributed by atoms with E-state index in [4.69, 9.17) is 4.42 Å². The molecule has 3 aromatic rings. The standard InChI is InChI=1S/C17H15BrN4O5S2/c1-10-15(17(24)22-21-16(23)13-6-3-7-28-13)27-14(20-10)9-19-29(25,26)12-5-2-4-11(18)8-12/h2-8,19H,9H2,1H3,(H,21,23)(H,22,24). The van der Waals surface area contributed by atoms with Crippen LogP contribution in [0.2, 0.25) is 0 Å². The fraction of sp³-hybridized carbons (Fsp3) is 0.118. The Balaban J connectivity index is 1.62. The average Bonchev–Trinajstić information content (AvgIpc) is 3.34. The predicted octanol–water partition coefficient (Wildman–Crippen LogP) is 2.36. The van der Waals surface area contributed by atoms with Crippen LogP contribution in [0.1, 0.15) is 31.8 Å². The Kier molecular flexibility index (Phi) is 6.47. The van der Waals surface area contributed by atoms with E-state index in [-0.39, 0.29) is 28.8 Å². The summed E-state index contributed by atoms with van der Waals surface area (Å²) in [7, 11) is -3.79. The summed E-state index contributed by atoms with van der Waals surface area (Å²) in [4.78, 5) is 28.6. The van der Waals surface area contributed by atoms with Crippen molar-refractivity contribution in [2.45, 2.75) is 18.4 Å². The van der Waals surface area contributed by atoms with E-state index < -0.39 is 21.8 Å². The second-order valence-corrected chi connectivity index (χ2v) is 9.32. The third-order valence-corrected chi connectivity index (χ3v) is 6.36. The molecule has 0 radical (unpaired) electrons. The fourth-order valence-corrected chi connectivity index (χ4v) is 4.44. The number of hydrogen-bond acceptors (Lipinski definition) is 7. The van der Waals surface area contributed by atoms with Crippen LogP contribution in [0.4, 0.5) is 0 Å². The molecule has 0 aliphatic rings. The first kappa shape index (κ1) is 21.2. The highest BCUT2D eigenvalue weighted by Crippen LogP contribution is 2.17. The minimum Gasteiger partial charge on any atom is -0.434 e. The number of aromatic nitrogens is 1. The van der Waals surface area contributed by atoms with Crippen molar-refractivity contribution in [2.75, 3.05) is 0 Å². The van der Waals surface area contributed by atoms with Crippen LogP contribution in [-0.2, 0) is 16.6 Å². The van der Waals surface area contributed by atoms with Gasteiger partial charge in [0.25, 0.3) is 5.91 Å². The Morgan fingerprint density at radius 2 is 1.93 bits per heavy atom. The number of nitrogens with zero attached hydrogens (tertiary/aromatic N) is 1. The van der Waals surface area contributed by atoms with Crippen molar-refractivity contribution in [3.05, 3.63) is 68.5 Å². The molecule has 0 aliphatic heterocycles. The quantitative estimate of drug-likeness (QED) is 0.447. The van der Waals surface area contributed by atoms with Crippen molar-refractivity contribution >= 4 is 49.1 Å². The molecule has 0 atom stereocenters. The Bertz CT molecular complexity index is 1140. The van der Waals surface area contributed by atoms with Crippen LogP contribution >= 0.6 is 27.3 Å². The number of halogens is 1. The predicted molar refractivity (Wildman–Crippen MR) is 109 cm³/mol. The summed E-state index contributed by atoms with van der Waals surface area (Å²) in [6.45, 7) is 1.29. The van der Waals surface area contributed by atoms with Gasteiger partial charge in [0, 0.05) is 4.47 Å². The number of carbonyl (C=O) groups excluding carboxylic acids is 2. The van der Waals surface area contributed by atoms with Gasteiger partial charge in [0.2, 0.25) is 21.7 Å². The van der Waals surface area contributed by atoms with Gasteiger partial charge in [-0.25, -0.2) is 18.1 Å². The number of hydrazine groups is 1. The fourth-order valence-electron chi connectivity index (χ4n) is 2.25. The second-order valence-electron chi connectivity index (χ2n) is 5.69. The highest BCUT2D eigenvalue weighted by Gasteiger charge is 2.20. The summed E-state index contributed by atoms with van der Waals surface area (Å²) in [5.41, 5.74) is 4.76. The number of hydrogen-bond donors (Lipinski definition) is 3. The Labute approximate surface area is 178 Å². The third-order valence-electron chi connectivity index (χ3n) is 3.60. The number of benzene rings is 1. The number of sulfonamides is 1. The molecular formula is C17H15BrN4O5S2. The van der Waals surface area contributed by atoms with E-state index in [2.05, 4.69) is 36.5 Å². The maximum atomic E-state index is 12.3. The molecule has 9 nitrogen and oxygen atoms in total. The van der Waals surface area contributed by atoms with Crippen LogP contribution in [0.5, 0.6) is 0 Å². The zero-order valence-electron chi connectivity index (χ0n) is 14.9. The Morgan fingerprint density at radius 3 is 2.62 bits per heavy atom. The molecule has 0 unspecified atom stereocenters. The zero-order valence-corrected chi connectivity index (χ0v) is 18.2. The van der Waals surface area contributed by atoms with Gasteiger partial charge >= 0.3 is 5.91 Å². The first-order chi connectivity index (χ1) is 13.8. The minimum atomic E-state index is -3.79. The highest BCUT2D eigenvalue weighted by atomic mass is 79.9. The Hall–Kier alpha value is -2.54. The van der Waals surface area contributed by atoms with Gasteiger partial charge in [0.15, 0.2) is 0 Å². The molecule has 0 aliphatic carbocycles. The highest BCUT2D eigenvalue weighted by molar-refractivity contribution is 9.10. The van der Waals surface area contributed by atoms with Crippen LogP contribution in [0.25, 0.3) is 0 Å². The molecule has 2 amide bonds. The van der Waals surface area contributed by atoms with Crippen LogP contribution < -0.4 is 15.6 Å². The van der Waals surface area contributed by atoms with Gasteiger partial charge in [-0.15, -0.1) is 11.3 Å². The van der Waals surface area contributed by atoms with Gasteiger partial charge in [-0.1, -0.05) is 28.1 Å². The SMILES string of the molecule is Cc1nc(CNS(=O)(=O)c2cccc(Br)c2)oc1C(=O)NNC(=O)c1cccs1. The zero-order chi connectivity index (χ0) is 21.0. The number of rotatable bonds is 6. The summed E-state index contributed by atoms with van der Waals surface area (Å²) in [5, 5.41) is 1.73. The van der Waals surface area contributed by atoms with E-state index in [1.807, 2.05) is 0 Å². The Morgan fingerprint density at radius 1 is 1.17 bits per heavy atom. The number of nitrogens with one attached hydrogen (secondary N) is 3. The lowest BCUT2D eigenvalue weighted by molar-refractivity contribution is 0.0831. The van der Waals surface area contributed by atoms with E-state index in [0.717, 1.165) is 0 Å². The molecule has 29 heavy (non-hydrogen) atoms. The molecule has 3 N–H and O–H groups in total. The van der Waals surface area contributed by atoms with Crippen molar-refractivity contribution in [1.29, 1.82) is 0 Å². The number of carbonyl (C=O) groups is 2. The molecule has 0 saturated carbocycles. The van der Waals surface area contributed by atoms with Crippen LogP contribution in [-0.4, -0.2) is 25.2 Å². The van der Waals surface area contributed by atoms with E-state index in [1.54, 1.807) is 29.6 Å². The lowest BCUT2D eigenvalue weighted by atomic mass is 10.3. The molecule has 0 saturated heterocycles. The summed E-state index contributed by atoms with van der Waals surface area (Å²) < 4.78 is 33.0. The second kappa shape index (κ2) is 8.86. The maximum Gasteiger partial charge on any atom is 0.307 e. The molecule has 0 bridgehead atoms. The van der Waals surface area contributed by atoms with E-state index in [1.165, 1.54) is 30.4 Å². The van der Waals surface area contributed by atoms with Gasteiger partial charge in [0.05, 0.1) is 22.0 Å². The van der Waals surface area contributed by atoms with Crippen LogP contribution in [0.3, 0.4) is 0 Å². The van der Waals surface area contributed by atoms with Crippen molar-refractivity contribution in [1.82, 2.24) is 20.6 Å². The number of thiophene rings is 1. The van der Waals surface area contributed by atoms with Crippen LogP contribution in [0, 0.1) is 6.92 Å². The maximum absolute atomic E-state index is 12.3. The average molecular weight is 499 g/mol. The first-order valence-electron chi connectivity index (χ1n) is 8.12. The molecule has 12 heteroatoms.